The van der Waals surface area contributed by atoms with Crippen LogP contribution in [-0.4, -0.2) is 30.1 Å². The molecule has 1 fully saturated rings. The van der Waals surface area contributed by atoms with Gasteiger partial charge in [-0.15, -0.1) is 0 Å². The summed E-state index contributed by atoms with van der Waals surface area (Å²) in [7, 11) is 0. The van der Waals surface area contributed by atoms with Gasteiger partial charge in [0.2, 0.25) is 0 Å². The molecule has 0 unspecified atom stereocenters. The van der Waals surface area contributed by atoms with Crippen LogP contribution in [0.4, 0.5) is 5.69 Å². The van der Waals surface area contributed by atoms with Crippen molar-refractivity contribution < 1.29 is 9.47 Å². The molecule has 104 valence electrons. The molecule has 0 aliphatic carbocycles. The van der Waals surface area contributed by atoms with Gasteiger partial charge in [-0.05, 0) is 45.0 Å². The molecule has 2 rings (SSSR count). The average molecular weight is 262 g/mol. The van der Waals surface area contributed by atoms with Crippen LogP contribution < -0.4 is 10.5 Å². The van der Waals surface area contributed by atoms with Crippen LogP contribution in [0.2, 0.25) is 0 Å². The summed E-state index contributed by atoms with van der Waals surface area (Å²) in [6.07, 6.45) is 1.68. The molecule has 1 aromatic carbocycles. The zero-order valence-corrected chi connectivity index (χ0v) is 11.8. The number of anilines is 1. The molecule has 1 aliphatic heterocycles. The molecule has 0 amide bonds. The quantitative estimate of drug-likeness (QED) is 0.657. The highest BCUT2D eigenvalue weighted by atomic mass is 16.5. The van der Waals surface area contributed by atoms with Crippen LogP contribution in [0.25, 0.3) is 0 Å². The van der Waals surface area contributed by atoms with Crippen LogP contribution >= 0.6 is 0 Å². The van der Waals surface area contributed by atoms with Crippen molar-refractivity contribution in [2.24, 2.45) is 0 Å². The number of morpholine rings is 1. The third-order valence-corrected chi connectivity index (χ3v) is 3.15. The van der Waals surface area contributed by atoms with Crippen molar-refractivity contribution in [3.8, 4) is 5.75 Å². The third-order valence-electron chi connectivity index (χ3n) is 3.15. The molecule has 0 bridgehead atoms. The number of nitrogen functional groups attached to an aromatic ring is 1. The van der Waals surface area contributed by atoms with Crippen molar-refractivity contribution in [3.05, 3.63) is 36.3 Å². The summed E-state index contributed by atoms with van der Waals surface area (Å²) in [6, 6.07) is 7.32. The first-order chi connectivity index (χ1) is 8.95. The lowest BCUT2D eigenvalue weighted by molar-refractivity contribution is 0.0360. The minimum absolute atomic E-state index is 0.143. The second kappa shape index (κ2) is 5.53. The van der Waals surface area contributed by atoms with E-state index in [2.05, 4.69) is 25.7 Å². The second-order valence-corrected chi connectivity index (χ2v) is 5.71. The third kappa shape index (κ3) is 3.89. The molecule has 1 saturated heterocycles. The maximum atomic E-state index is 5.63. The predicted molar refractivity (Wildman–Crippen MR) is 76.8 cm³/mol. The minimum Gasteiger partial charge on any atom is -0.492 e. The van der Waals surface area contributed by atoms with Gasteiger partial charge in [-0.2, -0.15) is 0 Å². The van der Waals surface area contributed by atoms with E-state index in [1.165, 1.54) is 0 Å². The van der Waals surface area contributed by atoms with E-state index in [-0.39, 0.29) is 5.54 Å². The molecule has 0 radical (unpaired) electrons. The van der Waals surface area contributed by atoms with Gasteiger partial charge in [0.25, 0.3) is 0 Å². The van der Waals surface area contributed by atoms with E-state index in [1.807, 2.05) is 24.3 Å². The Hall–Kier alpha value is -1.68. The molecule has 2 N–H and O–H groups in total. The first-order valence-electron chi connectivity index (χ1n) is 6.54. The van der Waals surface area contributed by atoms with Crippen LogP contribution in [0.1, 0.15) is 20.8 Å². The van der Waals surface area contributed by atoms with E-state index < -0.39 is 0 Å². The number of ether oxygens (including phenoxy) is 2. The number of nitrogens with zero attached hydrogens (tertiary/aromatic N) is 1. The highest BCUT2D eigenvalue weighted by Crippen LogP contribution is 2.20. The van der Waals surface area contributed by atoms with E-state index >= 15 is 0 Å². The Bertz CT molecular complexity index is 446. The second-order valence-electron chi connectivity index (χ2n) is 5.71. The number of nitrogens with two attached hydrogens (primary N) is 1. The van der Waals surface area contributed by atoms with Crippen molar-refractivity contribution in [1.29, 1.82) is 0 Å². The van der Waals surface area contributed by atoms with E-state index in [0.717, 1.165) is 30.3 Å². The number of hydrogen-bond acceptors (Lipinski definition) is 4. The molecule has 1 heterocycles. The van der Waals surface area contributed by atoms with Gasteiger partial charge >= 0.3 is 0 Å². The topological polar surface area (TPSA) is 47.7 Å². The van der Waals surface area contributed by atoms with Gasteiger partial charge in [0, 0.05) is 17.8 Å². The molecule has 19 heavy (non-hydrogen) atoms. The zero-order chi connectivity index (χ0) is 13.9. The molecule has 0 spiro atoms. The molecule has 1 aliphatic rings. The summed E-state index contributed by atoms with van der Waals surface area (Å²) in [5.41, 5.74) is 6.50. The maximum absolute atomic E-state index is 5.63. The number of benzene rings is 1. The standard InChI is InChI=1S/C15H22N2O2/c1-15(2,3)17-8-9-18-14(10-17)11-19-13-6-4-12(16)5-7-13/h4-7,11H,8-10,16H2,1-3H3. The zero-order valence-electron chi connectivity index (χ0n) is 11.8. The van der Waals surface area contributed by atoms with Crippen LogP contribution in [0, 0.1) is 0 Å². The maximum Gasteiger partial charge on any atom is 0.145 e. The van der Waals surface area contributed by atoms with E-state index in [1.54, 1.807) is 6.26 Å². The van der Waals surface area contributed by atoms with Gasteiger partial charge < -0.3 is 15.2 Å². The van der Waals surface area contributed by atoms with Crippen LogP contribution in [0.5, 0.6) is 5.75 Å². The summed E-state index contributed by atoms with van der Waals surface area (Å²) >= 11 is 0. The Labute approximate surface area is 114 Å². The summed E-state index contributed by atoms with van der Waals surface area (Å²) in [4.78, 5) is 2.37. The fourth-order valence-electron chi connectivity index (χ4n) is 1.92. The number of hydrogen-bond donors (Lipinski definition) is 1. The van der Waals surface area contributed by atoms with Crippen molar-refractivity contribution in [3.63, 3.8) is 0 Å². The minimum atomic E-state index is 0.143. The van der Waals surface area contributed by atoms with E-state index in [4.69, 9.17) is 15.2 Å². The van der Waals surface area contributed by atoms with Crippen LogP contribution in [-0.2, 0) is 4.74 Å². The molecule has 0 atom stereocenters. The SMILES string of the molecule is CC(C)(C)N1CCOC(=COc2ccc(N)cc2)C1. The first kappa shape index (κ1) is 13.7. The molecule has 4 heteroatoms. The highest BCUT2D eigenvalue weighted by Gasteiger charge is 2.25. The number of rotatable bonds is 2. The van der Waals surface area contributed by atoms with Crippen molar-refractivity contribution in [2.45, 2.75) is 26.3 Å². The van der Waals surface area contributed by atoms with E-state index in [0.29, 0.717) is 6.61 Å². The van der Waals surface area contributed by atoms with Crippen molar-refractivity contribution in [2.75, 3.05) is 25.4 Å². The lowest BCUT2D eigenvalue weighted by atomic mass is 10.1. The Morgan fingerprint density at radius 1 is 1.26 bits per heavy atom. The molecule has 0 aromatic heterocycles. The lowest BCUT2D eigenvalue weighted by Gasteiger charge is -2.38. The van der Waals surface area contributed by atoms with Gasteiger partial charge in [-0.25, -0.2) is 0 Å². The van der Waals surface area contributed by atoms with Gasteiger partial charge in [0.05, 0.1) is 6.54 Å². The lowest BCUT2D eigenvalue weighted by Crippen LogP contribution is -2.47. The van der Waals surface area contributed by atoms with Crippen LogP contribution in [0.3, 0.4) is 0 Å². The highest BCUT2D eigenvalue weighted by molar-refractivity contribution is 5.41. The van der Waals surface area contributed by atoms with Crippen LogP contribution in [0.15, 0.2) is 36.3 Å². The Morgan fingerprint density at radius 3 is 2.58 bits per heavy atom. The Balaban J connectivity index is 1.97. The predicted octanol–water partition coefficient (Wildman–Crippen LogP) is 2.62. The summed E-state index contributed by atoms with van der Waals surface area (Å²) in [5, 5.41) is 0. The summed E-state index contributed by atoms with van der Waals surface area (Å²) < 4.78 is 11.2. The van der Waals surface area contributed by atoms with Gasteiger partial charge in [0.1, 0.15) is 24.4 Å². The molecule has 4 nitrogen and oxygen atoms in total. The van der Waals surface area contributed by atoms with Gasteiger partial charge in [0.15, 0.2) is 0 Å². The molecule has 1 aromatic rings. The monoisotopic (exact) mass is 262 g/mol. The fourth-order valence-corrected chi connectivity index (χ4v) is 1.92. The summed E-state index contributed by atoms with van der Waals surface area (Å²) in [6.45, 7) is 9.04. The molecular formula is C15H22N2O2. The molecule has 0 saturated carbocycles. The smallest absolute Gasteiger partial charge is 0.145 e. The van der Waals surface area contributed by atoms with Gasteiger partial charge in [-0.1, -0.05) is 0 Å². The van der Waals surface area contributed by atoms with Gasteiger partial charge in [-0.3, -0.25) is 4.90 Å². The Morgan fingerprint density at radius 2 is 1.95 bits per heavy atom. The normalized spacial score (nSPS) is 19.2. The fraction of sp³-hybridized carbons (Fsp3) is 0.467. The molecular weight excluding hydrogens is 240 g/mol. The van der Waals surface area contributed by atoms with Crippen molar-refractivity contribution >= 4 is 5.69 Å². The summed E-state index contributed by atoms with van der Waals surface area (Å²) in [5.74, 6) is 1.62. The first-order valence-corrected chi connectivity index (χ1v) is 6.54. The average Bonchev–Trinajstić information content (AvgIpc) is 2.37. The van der Waals surface area contributed by atoms with Crippen molar-refractivity contribution in [1.82, 2.24) is 4.90 Å². The Kier molecular flexibility index (Phi) is 4.00. The largest absolute Gasteiger partial charge is 0.492 e. The van der Waals surface area contributed by atoms with E-state index in [9.17, 15) is 0 Å².